The molecule has 6 heteroatoms. The molecule has 1 saturated heterocycles. The van der Waals surface area contributed by atoms with Gasteiger partial charge >= 0.3 is 0 Å². The molecule has 4 rings (SSSR count). The zero-order chi connectivity index (χ0) is 14.9. The molecule has 3 heterocycles. The summed E-state index contributed by atoms with van der Waals surface area (Å²) in [5.41, 5.74) is 0.820. The molecular formula is C16H22N4OS. The number of hydrogen-bond donors (Lipinski definition) is 2. The van der Waals surface area contributed by atoms with Crippen molar-refractivity contribution in [3.05, 3.63) is 27.6 Å². The fourth-order valence-corrected chi connectivity index (χ4v) is 3.88. The predicted octanol–water partition coefficient (Wildman–Crippen LogP) is 1.95. The van der Waals surface area contributed by atoms with Crippen molar-refractivity contribution in [1.82, 2.24) is 20.2 Å². The van der Waals surface area contributed by atoms with E-state index < -0.39 is 0 Å². The SMILES string of the molecule is O=c1[nH]c(CN2CCC(NCC3CC3)CC2)nc2ccsc12. The number of aromatic nitrogens is 2. The van der Waals surface area contributed by atoms with E-state index in [1.54, 1.807) is 0 Å². The molecule has 2 aliphatic rings. The molecule has 1 aliphatic heterocycles. The van der Waals surface area contributed by atoms with Crippen LogP contribution in [0.4, 0.5) is 0 Å². The number of thiophene rings is 1. The van der Waals surface area contributed by atoms with E-state index >= 15 is 0 Å². The van der Waals surface area contributed by atoms with E-state index in [1.807, 2.05) is 11.4 Å². The molecule has 2 N–H and O–H groups in total. The van der Waals surface area contributed by atoms with Crippen LogP contribution in [0.5, 0.6) is 0 Å². The van der Waals surface area contributed by atoms with Crippen molar-refractivity contribution in [1.29, 1.82) is 0 Å². The minimum Gasteiger partial charge on any atom is -0.314 e. The second kappa shape index (κ2) is 6.10. The van der Waals surface area contributed by atoms with Crippen molar-refractivity contribution < 1.29 is 0 Å². The number of piperidine rings is 1. The number of fused-ring (bicyclic) bond motifs is 1. The van der Waals surface area contributed by atoms with Crippen LogP contribution >= 0.6 is 11.3 Å². The molecule has 0 unspecified atom stereocenters. The quantitative estimate of drug-likeness (QED) is 0.884. The van der Waals surface area contributed by atoms with Crippen LogP contribution in [0.25, 0.3) is 10.2 Å². The lowest BCUT2D eigenvalue weighted by molar-refractivity contribution is 0.186. The van der Waals surface area contributed by atoms with Gasteiger partial charge in [0.05, 0.1) is 12.1 Å². The van der Waals surface area contributed by atoms with E-state index in [4.69, 9.17) is 0 Å². The molecule has 2 aromatic heterocycles. The van der Waals surface area contributed by atoms with Crippen LogP contribution in [-0.2, 0) is 6.54 Å². The molecule has 1 saturated carbocycles. The lowest BCUT2D eigenvalue weighted by Gasteiger charge is -2.32. The maximum absolute atomic E-state index is 12.0. The summed E-state index contributed by atoms with van der Waals surface area (Å²) >= 11 is 1.45. The summed E-state index contributed by atoms with van der Waals surface area (Å²) in [4.78, 5) is 21.9. The number of hydrogen-bond acceptors (Lipinski definition) is 5. The van der Waals surface area contributed by atoms with Gasteiger partial charge in [-0.2, -0.15) is 0 Å². The van der Waals surface area contributed by atoms with Gasteiger partial charge in [-0.3, -0.25) is 9.69 Å². The Balaban J connectivity index is 1.34. The highest BCUT2D eigenvalue weighted by Crippen LogP contribution is 2.28. The van der Waals surface area contributed by atoms with Crippen molar-refractivity contribution in [2.45, 2.75) is 38.3 Å². The first kappa shape index (κ1) is 14.4. The molecule has 0 bridgehead atoms. The van der Waals surface area contributed by atoms with Gasteiger partial charge in [-0.05, 0) is 49.6 Å². The lowest BCUT2D eigenvalue weighted by Crippen LogP contribution is -2.43. The maximum atomic E-state index is 12.0. The van der Waals surface area contributed by atoms with E-state index in [9.17, 15) is 4.79 Å². The fraction of sp³-hybridized carbons (Fsp3) is 0.625. The van der Waals surface area contributed by atoms with Gasteiger partial charge in [0.15, 0.2) is 0 Å². The van der Waals surface area contributed by atoms with Gasteiger partial charge in [-0.1, -0.05) is 0 Å². The average Bonchev–Trinajstić information content (AvgIpc) is 3.23. The van der Waals surface area contributed by atoms with Crippen LogP contribution in [0.15, 0.2) is 16.2 Å². The third-order valence-electron chi connectivity index (χ3n) is 4.72. The topological polar surface area (TPSA) is 61.0 Å². The summed E-state index contributed by atoms with van der Waals surface area (Å²) in [6.07, 6.45) is 5.21. The number of likely N-dealkylation sites (tertiary alicyclic amines) is 1. The van der Waals surface area contributed by atoms with E-state index in [1.165, 1.54) is 43.6 Å². The van der Waals surface area contributed by atoms with Crippen molar-refractivity contribution >= 4 is 21.6 Å². The third-order valence-corrected chi connectivity index (χ3v) is 5.62. The smallest absolute Gasteiger partial charge is 0.268 e. The Morgan fingerprint density at radius 3 is 2.91 bits per heavy atom. The zero-order valence-corrected chi connectivity index (χ0v) is 13.5. The molecule has 2 fully saturated rings. The Morgan fingerprint density at radius 2 is 2.14 bits per heavy atom. The van der Waals surface area contributed by atoms with E-state index in [-0.39, 0.29) is 5.56 Å². The Hall–Kier alpha value is -1.24. The van der Waals surface area contributed by atoms with Crippen molar-refractivity contribution in [3.63, 3.8) is 0 Å². The van der Waals surface area contributed by atoms with Gasteiger partial charge in [0.2, 0.25) is 0 Å². The molecule has 0 amide bonds. The van der Waals surface area contributed by atoms with Gasteiger partial charge in [0.1, 0.15) is 10.5 Å². The van der Waals surface area contributed by atoms with E-state index in [0.29, 0.717) is 6.04 Å². The van der Waals surface area contributed by atoms with Crippen LogP contribution in [0, 0.1) is 5.92 Å². The van der Waals surface area contributed by atoms with E-state index in [0.717, 1.165) is 41.6 Å². The summed E-state index contributed by atoms with van der Waals surface area (Å²) in [6.45, 7) is 4.10. The molecule has 22 heavy (non-hydrogen) atoms. The van der Waals surface area contributed by atoms with Crippen LogP contribution in [-0.4, -0.2) is 40.5 Å². The molecule has 2 aromatic rings. The summed E-state index contributed by atoms with van der Waals surface area (Å²) < 4.78 is 0.728. The summed E-state index contributed by atoms with van der Waals surface area (Å²) in [5, 5.41) is 5.62. The van der Waals surface area contributed by atoms with Crippen LogP contribution in [0.3, 0.4) is 0 Å². The fourth-order valence-electron chi connectivity index (χ4n) is 3.16. The standard InChI is InChI=1S/C16H22N4OS/c21-16-15-13(5-8-22-15)18-14(19-16)10-20-6-3-12(4-7-20)17-9-11-1-2-11/h5,8,11-12,17H,1-4,6-7,9-10H2,(H,18,19,21). The van der Waals surface area contributed by atoms with Crippen LogP contribution in [0.2, 0.25) is 0 Å². The molecule has 0 radical (unpaired) electrons. The summed E-state index contributed by atoms with van der Waals surface area (Å²) in [6, 6.07) is 2.59. The van der Waals surface area contributed by atoms with Gasteiger partial charge in [0, 0.05) is 19.1 Å². The van der Waals surface area contributed by atoms with Gasteiger partial charge < -0.3 is 10.3 Å². The first-order valence-corrected chi connectivity index (χ1v) is 9.08. The Kier molecular flexibility index (Phi) is 3.98. The van der Waals surface area contributed by atoms with E-state index in [2.05, 4.69) is 20.2 Å². The minimum atomic E-state index is -0.00372. The summed E-state index contributed by atoms with van der Waals surface area (Å²) in [7, 11) is 0. The molecular weight excluding hydrogens is 296 g/mol. The number of nitrogens with zero attached hydrogens (tertiary/aromatic N) is 2. The second-order valence-electron chi connectivity index (χ2n) is 6.55. The first-order valence-electron chi connectivity index (χ1n) is 8.20. The number of nitrogens with one attached hydrogen (secondary N) is 2. The Morgan fingerprint density at radius 1 is 1.32 bits per heavy atom. The highest BCUT2D eigenvalue weighted by Gasteiger charge is 2.24. The van der Waals surface area contributed by atoms with Crippen molar-refractivity contribution in [3.8, 4) is 0 Å². The van der Waals surface area contributed by atoms with Gasteiger partial charge in [-0.15, -0.1) is 11.3 Å². The molecule has 1 aliphatic carbocycles. The normalized spacial score (nSPS) is 20.7. The minimum absolute atomic E-state index is 0.00372. The maximum Gasteiger partial charge on any atom is 0.268 e. The molecule has 118 valence electrons. The van der Waals surface area contributed by atoms with Crippen molar-refractivity contribution in [2.75, 3.05) is 19.6 Å². The second-order valence-corrected chi connectivity index (χ2v) is 7.47. The summed E-state index contributed by atoms with van der Waals surface area (Å²) in [5.74, 6) is 1.74. The van der Waals surface area contributed by atoms with Crippen LogP contribution in [0.1, 0.15) is 31.5 Å². The number of H-pyrrole nitrogens is 1. The largest absolute Gasteiger partial charge is 0.314 e. The number of rotatable bonds is 5. The molecule has 5 nitrogen and oxygen atoms in total. The third kappa shape index (κ3) is 3.24. The molecule has 0 spiro atoms. The molecule has 0 aromatic carbocycles. The lowest BCUT2D eigenvalue weighted by atomic mass is 10.0. The Bertz CT molecular complexity index is 697. The van der Waals surface area contributed by atoms with Gasteiger partial charge in [-0.25, -0.2) is 4.98 Å². The number of aromatic amines is 1. The average molecular weight is 318 g/mol. The first-order chi connectivity index (χ1) is 10.8. The molecule has 0 atom stereocenters. The monoisotopic (exact) mass is 318 g/mol. The predicted molar refractivity (Wildman–Crippen MR) is 89.3 cm³/mol. The van der Waals surface area contributed by atoms with Crippen molar-refractivity contribution in [2.24, 2.45) is 5.92 Å². The Labute approximate surface area is 133 Å². The zero-order valence-electron chi connectivity index (χ0n) is 12.7. The van der Waals surface area contributed by atoms with Crippen LogP contribution < -0.4 is 10.9 Å². The highest BCUT2D eigenvalue weighted by atomic mass is 32.1. The highest BCUT2D eigenvalue weighted by molar-refractivity contribution is 7.17. The van der Waals surface area contributed by atoms with Gasteiger partial charge in [0.25, 0.3) is 5.56 Å².